The maximum absolute atomic E-state index is 13.5. The van der Waals surface area contributed by atoms with Gasteiger partial charge >= 0.3 is 0 Å². The molecule has 2 aromatic carbocycles. The van der Waals surface area contributed by atoms with Crippen LogP contribution in [0.4, 0.5) is 0 Å². The van der Waals surface area contributed by atoms with Crippen LogP contribution in [0, 0.1) is 0 Å². The van der Waals surface area contributed by atoms with Gasteiger partial charge in [-0.3, -0.25) is 9.36 Å². The first-order valence-corrected chi connectivity index (χ1v) is 11.8. The highest BCUT2D eigenvalue weighted by Crippen LogP contribution is 2.42. The molecule has 0 saturated carbocycles. The predicted octanol–water partition coefficient (Wildman–Crippen LogP) is 4.09. The first-order chi connectivity index (χ1) is 15.2. The van der Waals surface area contributed by atoms with Gasteiger partial charge in [0.15, 0.2) is 4.80 Å². The average molecular weight is 443 g/mol. The van der Waals surface area contributed by atoms with Crippen molar-refractivity contribution in [3.05, 3.63) is 113 Å². The number of thiazole rings is 1. The summed E-state index contributed by atoms with van der Waals surface area (Å²) in [5, 5.41) is 12.2. The second-order valence-electron chi connectivity index (χ2n) is 7.69. The molecule has 3 heterocycles. The van der Waals surface area contributed by atoms with Crippen molar-refractivity contribution in [1.29, 1.82) is 0 Å². The molecule has 6 heteroatoms. The number of phenolic OH excluding ortho intramolecular Hbond substituents is 1. The van der Waals surface area contributed by atoms with Gasteiger partial charge in [0, 0.05) is 16.0 Å². The Balaban J connectivity index is 1.64. The number of phenols is 1. The van der Waals surface area contributed by atoms with Gasteiger partial charge in [-0.2, -0.15) is 0 Å². The summed E-state index contributed by atoms with van der Waals surface area (Å²) in [7, 11) is 0. The Morgan fingerprint density at radius 1 is 1.03 bits per heavy atom. The van der Waals surface area contributed by atoms with Gasteiger partial charge in [0.25, 0.3) is 5.56 Å². The summed E-state index contributed by atoms with van der Waals surface area (Å²) >= 11 is 3.06. The summed E-state index contributed by atoms with van der Waals surface area (Å²) in [5.41, 5.74) is 5.27. The van der Waals surface area contributed by atoms with Gasteiger partial charge in [0.05, 0.1) is 16.3 Å². The number of hydrogen-bond acceptors (Lipinski definition) is 5. The summed E-state index contributed by atoms with van der Waals surface area (Å²) in [6, 6.07) is 19.5. The number of rotatable bonds is 2. The van der Waals surface area contributed by atoms with E-state index >= 15 is 0 Å². The van der Waals surface area contributed by atoms with E-state index in [1.807, 2.05) is 22.8 Å². The quantitative estimate of drug-likeness (QED) is 0.509. The fourth-order valence-corrected chi connectivity index (χ4v) is 6.31. The summed E-state index contributed by atoms with van der Waals surface area (Å²) < 4.78 is 2.42. The predicted molar refractivity (Wildman–Crippen MR) is 125 cm³/mol. The third kappa shape index (κ3) is 2.94. The van der Waals surface area contributed by atoms with Crippen LogP contribution in [0.15, 0.2) is 81.4 Å². The largest absolute Gasteiger partial charge is 0.507 e. The molecule has 1 N–H and O–H groups in total. The minimum Gasteiger partial charge on any atom is -0.507 e. The number of thiophene rings is 1. The van der Waals surface area contributed by atoms with E-state index < -0.39 is 0 Å². The fourth-order valence-electron chi connectivity index (χ4n) is 4.47. The normalized spacial score (nSPS) is 17.7. The second kappa shape index (κ2) is 7.18. The smallest absolute Gasteiger partial charge is 0.271 e. The van der Waals surface area contributed by atoms with Crippen molar-refractivity contribution in [1.82, 2.24) is 4.57 Å². The van der Waals surface area contributed by atoms with E-state index in [-0.39, 0.29) is 17.4 Å². The van der Waals surface area contributed by atoms with Gasteiger partial charge in [-0.05, 0) is 47.6 Å². The Morgan fingerprint density at radius 3 is 2.71 bits per heavy atom. The molecule has 31 heavy (non-hydrogen) atoms. The van der Waals surface area contributed by atoms with Crippen LogP contribution in [0.5, 0.6) is 5.75 Å². The van der Waals surface area contributed by atoms with E-state index in [0.717, 1.165) is 23.4 Å². The molecule has 0 radical (unpaired) electrons. The fraction of sp³-hybridized carbons (Fsp3) is 0.120. The molecule has 1 atom stereocenters. The lowest BCUT2D eigenvalue weighted by atomic mass is 9.85. The zero-order valence-electron chi connectivity index (χ0n) is 16.5. The van der Waals surface area contributed by atoms with Gasteiger partial charge in [0.1, 0.15) is 5.75 Å². The Bertz CT molecular complexity index is 1520. The number of nitrogens with zero attached hydrogens (tertiary/aromatic N) is 2. The molecule has 0 amide bonds. The molecule has 2 aromatic heterocycles. The monoisotopic (exact) mass is 442 g/mol. The van der Waals surface area contributed by atoms with Gasteiger partial charge < -0.3 is 5.11 Å². The van der Waals surface area contributed by atoms with Crippen LogP contribution in [0.3, 0.4) is 0 Å². The van der Waals surface area contributed by atoms with Crippen LogP contribution in [-0.4, -0.2) is 9.67 Å². The Hall–Kier alpha value is -3.22. The number of aryl methyl sites for hydroxylation is 1. The van der Waals surface area contributed by atoms with Crippen molar-refractivity contribution in [3.63, 3.8) is 0 Å². The number of aromatic nitrogens is 1. The number of allylic oxidation sites excluding steroid dienone is 1. The van der Waals surface area contributed by atoms with E-state index in [4.69, 9.17) is 4.99 Å². The first kappa shape index (κ1) is 18.5. The highest BCUT2D eigenvalue weighted by Gasteiger charge is 2.32. The van der Waals surface area contributed by atoms with Crippen molar-refractivity contribution >= 4 is 34.4 Å². The maximum Gasteiger partial charge on any atom is 0.271 e. The van der Waals surface area contributed by atoms with Crippen molar-refractivity contribution in [2.75, 3.05) is 0 Å². The highest BCUT2D eigenvalue weighted by atomic mass is 32.1. The number of benzene rings is 2. The van der Waals surface area contributed by atoms with Crippen molar-refractivity contribution in [2.45, 2.75) is 18.9 Å². The van der Waals surface area contributed by atoms with Crippen LogP contribution < -0.4 is 14.9 Å². The van der Waals surface area contributed by atoms with Crippen LogP contribution in [0.1, 0.15) is 34.0 Å². The van der Waals surface area contributed by atoms with Gasteiger partial charge in [-0.25, -0.2) is 4.99 Å². The van der Waals surface area contributed by atoms with E-state index in [0.29, 0.717) is 14.9 Å². The Morgan fingerprint density at radius 2 is 1.87 bits per heavy atom. The molecule has 6 rings (SSSR count). The van der Waals surface area contributed by atoms with Gasteiger partial charge in [0.2, 0.25) is 0 Å². The average Bonchev–Trinajstić information content (AvgIpc) is 3.43. The molecule has 4 nitrogen and oxygen atoms in total. The molecular weight excluding hydrogens is 424 g/mol. The lowest BCUT2D eigenvalue weighted by molar-refractivity contribution is 0.474. The van der Waals surface area contributed by atoms with E-state index in [1.165, 1.54) is 28.0 Å². The summed E-state index contributed by atoms with van der Waals surface area (Å²) in [6.07, 6.45) is 3.61. The van der Waals surface area contributed by atoms with E-state index in [2.05, 4.69) is 35.7 Å². The summed E-state index contributed by atoms with van der Waals surface area (Å²) in [5.74, 6) is 0.163. The minimum atomic E-state index is -0.133. The lowest BCUT2D eigenvalue weighted by Crippen LogP contribution is -2.38. The Kier molecular flexibility index (Phi) is 4.30. The molecule has 1 unspecified atom stereocenters. The SMILES string of the molecule is O=c1/c(=C/c2ccccc2O)sc2n1C(c1cccs1)C1=C(N=2)c2ccccc2CC1. The molecule has 4 aromatic rings. The third-order valence-corrected chi connectivity index (χ3v) is 7.82. The molecule has 0 fully saturated rings. The number of para-hydroxylation sites is 1. The Labute approximate surface area is 186 Å². The van der Waals surface area contributed by atoms with E-state index in [1.54, 1.807) is 29.5 Å². The molecule has 152 valence electrons. The van der Waals surface area contributed by atoms with E-state index in [9.17, 15) is 9.90 Å². The molecule has 1 aliphatic heterocycles. The standard InChI is InChI=1S/C25H18N2O2S2/c28-19-9-4-2-7-16(19)14-21-24(29)27-23(20-10-5-13-30-20)18-12-11-15-6-1-3-8-17(15)22(18)26-25(27)31-21/h1-10,13-14,23,28H,11-12H2/b21-14-. The van der Waals surface area contributed by atoms with Crippen molar-refractivity contribution < 1.29 is 5.11 Å². The maximum atomic E-state index is 13.5. The number of aromatic hydroxyl groups is 1. The summed E-state index contributed by atoms with van der Waals surface area (Å²) in [6.45, 7) is 0. The minimum absolute atomic E-state index is 0.0594. The highest BCUT2D eigenvalue weighted by molar-refractivity contribution is 7.10. The molecule has 0 bridgehead atoms. The number of fused-ring (bicyclic) bond motifs is 3. The van der Waals surface area contributed by atoms with Gasteiger partial charge in [-0.1, -0.05) is 59.9 Å². The topological polar surface area (TPSA) is 54.6 Å². The van der Waals surface area contributed by atoms with Crippen LogP contribution in [-0.2, 0) is 6.42 Å². The van der Waals surface area contributed by atoms with Crippen molar-refractivity contribution in [3.8, 4) is 5.75 Å². The zero-order valence-corrected chi connectivity index (χ0v) is 18.1. The third-order valence-electron chi connectivity index (χ3n) is 5.91. The lowest BCUT2D eigenvalue weighted by Gasteiger charge is -2.30. The van der Waals surface area contributed by atoms with Crippen LogP contribution in [0.2, 0.25) is 0 Å². The molecule has 0 spiro atoms. The molecular formula is C25H18N2O2S2. The molecule has 2 aliphatic rings. The molecule has 0 saturated heterocycles. The van der Waals surface area contributed by atoms with Crippen LogP contribution >= 0.6 is 22.7 Å². The van der Waals surface area contributed by atoms with Crippen molar-refractivity contribution in [2.24, 2.45) is 4.99 Å². The first-order valence-electron chi connectivity index (χ1n) is 10.2. The molecule has 1 aliphatic carbocycles. The summed E-state index contributed by atoms with van der Waals surface area (Å²) in [4.78, 5) is 20.4. The second-order valence-corrected chi connectivity index (χ2v) is 9.68. The van der Waals surface area contributed by atoms with Crippen LogP contribution in [0.25, 0.3) is 11.8 Å². The van der Waals surface area contributed by atoms with Gasteiger partial charge in [-0.15, -0.1) is 11.3 Å². The number of hydrogen-bond donors (Lipinski definition) is 1. The zero-order chi connectivity index (χ0) is 20.9.